The Kier molecular flexibility index (Phi) is 4.60. The van der Waals surface area contributed by atoms with Gasteiger partial charge in [0.05, 0.1) is 4.92 Å². The number of hydrogen-bond acceptors (Lipinski definition) is 3. The molecule has 0 fully saturated rings. The molecule has 0 radical (unpaired) electrons. The van der Waals surface area contributed by atoms with Crippen molar-refractivity contribution in [1.82, 2.24) is 0 Å². The molecule has 122 valence electrons. The molecule has 4 nitrogen and oxygen atoms in total. The predicted molar refractivity (Wildman–Crippen MR) is 95.9 cm³/mol. The highest BCUT2D eigenvalue weighted by Gasteiger charge is 2.29. The molecule has 3 rings (SSSR count). The number of nitrogens with zero attached hydrogens (tertiary/aromatic N) is 1. The Morgan fingerprint density at radius 1 is 0.800 bits per heavy atom. The second-order valence-electron chi connectivity index (χ2n) is 5.50. The summed E-state index contributed by atoms with van der Waals surface area (Å²) in [6, 6.07) is 24.2. The van der Waals surface area contributed by atoms with Crippen LogP contribution in [0.25, 0.3) is 0 Å². The van der Waals surface area contributed by atoms with E-state index >= 15 is 0 Å². The van der Waals surface area contributed by atoms with Crippen molar-refractivity contribution in [1.29, 1.82) is 0 Å². The molecule has 25 heavy (non-hydrogen) atoms. The quantitative estimate of drug-likeness (QED) is 0.450. The zero-order valence-corrected chi connectivity index (χ0v) is 13.3. The van der Waals surface area contributed by atoms with Gasteiger partial charge in [-0.1, -0.05) is 60.4 Å². The van der Waals surface area contributed by atoms with Gasteiger partial charge in [-0.15, -0.1) is 0 Å². The Morgan fingerprint density at radius 3 is 1.88 bits per heavy atom. The van der Waals surface area contributed by atoms with E-state index in [1.807, 2.05) is 48.5 Å². The zero-order chi connectivity index (χ0) is 17.7. The van der Waals surface area contributed by atoms with Crippen LogP contribution >= 0.6 is 0 Å². The van der Waals surface area contributed by atoms with Crippen LogP contribution in [-0.4, -0.2) is 10.0 Å². The van der Waals surface area contributed by atoms with Gasteiger partial charge in [0.2, 0.25) is 0 Å². The van der Waals surface area contributed by atoms with Crippen LogP contribution in [0.5, 0.6) is 0 Å². The van der Waals surface area contributed by atoms with Gasteiger partial charge in [-0.05, 0) is 24.3 Å². The molecule has 1 unspecified atom stereocenters. The molecule has 0 aliphatic heterocycles. The smallest absolute Gasteiger partial charge is 0.269 e. The maximum Gasteiger partial charge on any atom is 0.269 e. The first-order chi connectivity index (χ1) is 12.1. The lowest BCUT2D eigenvalue weighted by molar-refractivity contribution is -0.384. The molecule has 0 aromatic heterocycles. The fourth-order valence-electron chi connectivity index (χ4n) is 2.50. The lowest BCUT2D eigenvalue weighted by Crippen LogP contribution is -2.25. The lowest BCUT2D eigenvalue weighted by Gasteiger charge is -2.23. The summed E-state index contributed by atoms with van der Waals surface area (Å²) in [4.78, 5) is 10.4. The van der Waals surface area contributed by atoms with E-state index < -0.39 is 10.5 Å². The topological polar surface area (TPSA) is 63.4 Å². The predicted octanol–water partition coefficient (Wildman–Crippen LogP) is 3.88. The van der Waals surface area contributed by atoms with E-state index in [4.69, 9.17) is 0 Å². The minimum absolute atomic E-state index is 0.0322. The number of aliphatic hydroxyl groups is 1. The molecule has 1 atom stereocenters. The third kappa shape index (κ3) is 3.57. The van der Waals surface area contributed by atoms with Crippen LogP contribution in [0.3, 0.4) is 0 Å². The molecule has 0 saturated heterocycles. The van der Waals surface area contributed by atoms with Gasteiger partial charge in [0, 0.05) is 28.8 Å². The Hall–Kier alpha value is -3.42. The zero-order valence-electron chi connectivity index (χ0n) is 13.3. The van der Waals surface area contributed by atoms with Crippen molar-refractivity contribution in [2.24, 2.45) is 0 Å². The van der Waals surface area contributed by atoms with Crippen LogP contribution in [-0.2, 0) is 5.60 Å². The van der Waals surface area contributed by atoms with Crippen LogP contribution in [0.15, 0.2) is 84.9 Å². The van der Waals surface area contributed by atoms with Crippen molar-refractivity contribution in [2.75, 3.05) is 0 Å². The van der Waals surface area contributed by atoms with Gasteiger partial charge in [0.1, 0.15) is 0 Å². The Morgan fingerprint density at radius 2 is 1.32 bits per heavy atom. The molecular formula is C21H15NO3. The van der Waals surface area contributed by atoms with Gasteiger partial charge in [-0.3, -0.25) is 10.1 Å². The first-order valence-electron chi connectivity index (χ1n) is 7.71. The molecule has 4 heteroatoms. The van der Waals surface area contributed by atoms with E-state index in [9.17, 15) is 15.2 Å². The second-order valence-corrected chi connectivity index (χ2v) is 5.50. The molecule has 0 bridgehead atoms. The van der Waals surface area contributed by atoms with Gasteiger partial charge < -0.3 is 5.11 Å². The summed E-state index contributed by atoms with van der Waals surface area (Å²) in [6.07, 6.45) is 0. The number of non-ortho nitro benzene ring substituents is 1. The van der Waals surface area contributed by atoms with Crippen molar-refractivity contribution in [2.45, 2.75) is 5.60 Å². The standard InChI is InChI=1S/C21H15NO3/c23-21(18-9-5-2-6-10-18,16-15-17-7-3-1-4-8-17)19-11-13-20(14-12-19)22(24)25/h1-14,23H. The van der Waals surface area contributed by atoms with E-state index in [2.05, 4.69) is 11.8 Å². The molecule has 3 aromatic carbocycles. The van der Waals surface area contributed by atoms with Crippen LogP contribution in [0.4, 0.5) is 5.69 Å². The fraction of sp³-hybridized carbons (Fsp3) is 0.0476. The molecule has 0 spiro atoms. The normalized spacial score (nSPS) is 12.5. The van der Waals surface area contributed by atoms with Gasteiger partial charge in [0.15, 0.2) is 5.60 Å². The second kappa shape index (κ2) is 7.00. The first kappa shape index (κ1) is 16.4. The summed E-state index contributed by atoms with van der Waals surface area (Å²) in [5.41, 5.74) is 0.264. The molecule has 3 aromatic rings. The average molecular weight is 329 g/mol. The maximum atomic E-state index is 11.3. The highest BCUT2D eigenvalue weighted by atomic mass is 16.6. The minimum atomic E-state index is -1.56. The summed E-state index contributed by atoms with van der Waals surface area (Å²) in [7, 11) is 0. The van der Waals surface area contributed by atoms with Crippen LogP contribution in [0.1, 0.15) is 16.7 Å². The summed E-state index contributed by atoms with van der Waals surface area (Å²) < 4.78 is 0. The average Bonchev–Trinajstić information content (AvgIpc) is 2.67. The van der Waals surface area contributed by atoms with E-state index in [1.54, 1.807) is 12.1 Å². The fourth-order valence-corrected chi connectivity index (χ4v) is 2.50. The van der Waals surface area contributed by atoms with Crippen molar-refractivity contribution in [3.8, 4) is 11.8 Å². The maximum absolute atomic E-state index is 11.3. The highest BCUT2D eigenvalue weighted by molar-refractivity contribution is 5.49. The number of nitro benzene ring substituents is 1. The lowest BCUT2D eigenvalue weighted by atomic mass is 9.86. The number of hydrogen-bond donors (Lipinski definition) is 1. The number of benzene rings is 3. The Bertz CT molecular complexity index is 926. The molecule has 0 aliphatic carbocycles. The van der Waals surface area contributed by atoms with Gasteiger partial charge in [-0.2, -0.15) is 0 Å². The number of nitro groups is 1. The molecule has 0 heterocycles. The van der Waals surface area contributed by atoms with Gasteiger partial charge in [0.25, 0.3) is 5.69 Å². The van der Waals surface area contributed by atoms with Crippen LogP contribution in [0, 0.1) is 22.0 Å². The molecular weight excluding hydrogens is 314 g/mol. The van der Waals surface area contributed by atoms with Crippen molar-refractivity contribution < 1.29 is 10.0 Å². The van der Waals surface area contributed by atoms with Gasteiger partial charge in [-0.25, -0.2) is 0 Å². The van der Waals surface area contributed by atoms with Gasteiger partial charge >= 0.3 is 0 Å². The minimum Gasteiger partial charge on any atom is -0.369 e. The van der Waals surface area contributed by atoms with Crippen molar-refractivity contribution in [3.05, 3.63) is 112 Å². The highest BCUT2D eigenvalue weighted by Crippen LogP contribution is 2.30. The van der Waals surface area contributed by atoms with Crippen LogP contribution in [0.2, 0.25) is 0 Å². The Labute approximate surface area is 145 Å². The molecule has 1 N–H and O–H groups in total. The third-order valence-electron chi connectivity index (χ3n) is 3.85. The first-order valence-corrected chi connectivity index (χ1v) is 7.71. The SMILES string of the molecule is O=[N+]([O-])c1ccc(C(O)(C#Cc2ccccc2)c2ccccc2)cc1. The Balaban J connectivity index is 2.10. The molecule has 0 aliphatic rings. The largest absolute Gasteiger partial charge is 0.369 e. The van der Waals surface area contributed by atoms with E-state index in [-0.39, 0.29) is 5.69 Å². The monoisotopic (exact) mass is 329 g/mol. The third-order valence-corrected chi connectivity index (χ3v) is 3.85. The van der Waals surface area contributed by atoms with E-state index in [0.29, 0.717) is 11.1 Å². The van der Waals surface area contributed by atoms with Crippen molar-refractivity contribution >= 4 is 5.69 Å². The molecule has 0 saturated carbocycles. The molecule has 0 amide bonds. The van der Waals surface area contributed by atoms with Crippen LogP contribution < -0.4 is 0 Å². The van der Waals surface area contributed by atoms with Crippen molar-refractivity contribution in [3.63, 3.8) is 0 Å². The van der Waals surface area contributed by atoms with E-state index in [1.165, 1.54) is 24.3 Å². The summed E-state index contributed by atoms with van der Waals surface area (Å²) in [5, 5.41) is 22.2. The summed E-state index contributed by atoms with van der Waals surface area (Å²) in [6.45, 7) is 0. The number of rotatable bonds is 3. The summed E-state index contributed by atoms with van der Waals surface area (Å²) >= 11 is 0. The summed E-state index contributed by atoms with van der Waals surface area (Å²) in [5.74, 6) is 5.92. The van der Waals surface area contributed by atoms with E-state index in [0.717, 1.165) is 5.56 Å².